The molecular formula is C34H32F4N6O. The Balaban J connectivity index is 1.32. The third-order valence-corrected chi connectivity index (χ3v) is 9.92. The van der Waals surface area contributed by atoms with Gasteiger partial charge < -0.3 is 15.4 Å². The minimum absolute atomic E-state index is 0.0567. The molecule has 2 N–H and O–H groups in total. The van der Waals surface area contributed by atoms with Crippen molar-refractivity contribution in [2.24, 2.45) is 5.92 Å². The van der Waals surface area contributed by atoms with E-state index in [0.29, 0.717) is 37.7 Å². The van der Waals surface area contributed by atoms with Crippen LogP contribution in [-0.2, 0) is 0 Å². The van der Waals surface area contributed by atoms with Gasteiger partial charge in [-0.25, -0.2) is 17.6 Å². The van der Waals surface area contributed by atoms with Gasteiger partial charge in [0.1, 0.15) is 41.7 Å². The predicted octanol–water partition coefficient (Wildman–Crippen LogP) is 5.97. The molecule has 4 aliphatic rings. The number of alkyl halides is 2. The summed E-state index contributed by atoms with van der Waals surface area (Å²) in [5.74, 6) is 0.750. The van der Waals surface area contributed by atoms with E-state index in [1.807, 2.05) is 0 Å². The molecule has 3 aliphatic heterocycles. The number of halogens is 4. The second kappa shape index (κ2) is 10.4. The van der Waals surface area contributed by atoms with Gasteiger partial charge in [-0.3, -0.25) is 9.88 Å². The van der Waals surface area contributed by atoms with Gasteiger partial charge in [0, 0.05) is 48.3 Å². The number of benzene rings is 2. The maximum absolute atomic E-state index is 16.9. The number of anilines is 2. The van der Waals surface area contributed by atoms with Crippen LogP contribution in [0.25, 0.3) is 32.9 Å². The van der Waals surface area contributed by atoms with Gasteiger partial charge in [-0.2, -0.15) is 9.97 Å². The van der Waals surface area contributed by atoms with Gasteiger partial charge in [0.05, 0.1) is 25.3 Å². The van der Waals surface area contributed by atoms with Crippen molar-refractivity contribution in [1.29, 1.82) is 0 Å². The van der Waals surface area contributed by atoms with Crippen LogP contribution in [0.2, 0.25) is 0 Å². The summed E-state index contributed by atoms with van der Waals surface area (Å²) < 4.78 is 85.4. The van der Waals surface area contributed by atoms with Crippen molar-refractivity contribution >= 4 is 33.2 Å². The zero-order valence-electron chi connectivity index (χ0n) is 26.4. The third-order valence-electron chi connectivity index (χ3n) is 9.92. The Kier molecular flexibility index (Phi) is 6.05. The van der Waals surface area contributed by atoms with Crippen molar-refractivity contribution in [2.45, 2.75) is 62.4 Å². The first-order valence-electron chi connectivity index (χ1n) is 16.4. The molecule has 0 amide bonds. The number of nitrogen functional groups attached to an aromatic ring is 1. The van der Waals surface area contributed by atoms with E-state index in [0.717, 1.165) is 12.8 Å². The molecule has 4 fully saturated rings. The number of hydrogen-bond donors (Lipinski definition) is 1. The van der Waals surface area contributed by atoms with E-state index in [9.17, 15) is 8.78 Å². The summed E-state index contributed by atoms with van der Waals surface area (Å²) in [6.07, 6.45) is 8.03. The van der Waals surface area contributed by atoms with Crippen molar-refractivity contribution < 1.29 is 25.0 Å². The van der Waals surface area contributed by atoms with Crippen molar-refractivity contribution in [1.82, 2.24) is 19.9 Å². The number of pyridine rings is 1. The highest BCUT2D eigenvalue weighted by atomic mass is 19.1. The molecule has 11 heteroatoms. The average Bonchev–Trinajstić information content (AvgIpc) is 3.39. The van der Waals surface area contributed by atoms with Gasteiger partial charge in [0.15, 0.2) is 5.82 Å². The van der Waals surface area contributed by atoms with Gasteiger partial charge in [-0.1, -0.05) is 18.4 Å². The molecule has 8 rings (SSSR count). The standard InChI is InChI=1S/C34H32F4N6O/c1-2-21-25(36)8-7-18-12-20(39)13-23(26(18)21)29-28(38)30-24(15-40-29)32(44-11-4-3-6-22-27(37)31(22)44)42-33(41-30)45-17-34-9-5-10-43(34)16-19(35)14-34/h1,7-8,12-13,15,19,22,27,31H,3-6,9-11,14,16-17,39H2/t19-,22+,27+,31+,34+/m1/s1/i17D2. The van der Waals surface area contributed by atoms with Crippen molar-refractivity contribution in [3.63, 3.8) is 0 Å². The predicted molar refractivity (Wildman–Crippen MR) is 164 cm³/mol. The normalized spacial score (nSPS) is 28.7. The highest BCUT2D eigenvalue weighted by Crippen LogP contribution is 2.48. The fraction of sp³-hybridized carbons (Fsp3) is 0.441. The highest BCUT2D eigenvalue weighted by molar-refractivity contribution is 6.03. The SMILES string of the molecule is [2H]C([2H])(Oc1nc(N2CCCC[C@H]3[C@H](F)[C@H]32)c2cnc(-c3cc(N)cc4ccc(F)c(C#C)c34)c(F)c2n1)[C@@]12CCCN1C[C@H](F)C2. The van der Waals surface area contributed by atoms with E-state index in [1.165, 1.54) is 24.4 Å². The molecular weight excluding hydrogens is 584 g/mol. The van der Waals surface area contributed by atoms with Crippen LogP contribution in [0, 0.1) is 29.9 Å². The van der Waals surface area contributed by atoms with Gasteiger partial charge >= 0.3 is 6.01 Å². The van der Waals surface area contributed by atoms with Crippen molar-refractivity contribution in [3.8, 4) is 29.6 Å². The lowest BCUT2D eigenvalue weighted by atomic mass is 9.95. The van der Waals surface area contributed by atoms with E-state index in [2.05, 4.69) is 20.9 Å². The van der Waals surface area contributed by atoms with E-state index >= 15 is 8.78 Å². The Bertz CT molecular complexity index is 1990. The lowest BCUT2D eigenvalue weighted by Crippen LogP contribution is -2.43. The first-order chi connectivity index (χ1) is 22.5. The van der Waals surface area contributed by atoms with Crippen LogP contribution in [0.3, 0.4) is 0 Å². The molecule has 0 spiro atoms. The zero-order valence-corrected chi connectivity index (χ0v) is 24.4. The maximum atomic E-state index is 16.9. The minimum atomic E-state index is -2.44. The molecule has 1 saturated carbocycles. The topological polar surface area (TPSA) is 80.4 Å². The van der Waals surface area contributed by atoms with E-state index in [-0.39, 0.29) is 63.5 Å². The first kappa shape index (κ1) is 26.1. The van der Waals surface area contributed by atoms with E-state index in [1.54, 1.807) is 15.9 Å². The molecule has 45 heavy (non-hydrogen) atoms. The molecule has 4 aromatic rings. The van der Waals surface area contributed by atoms with Crippen molar-refractivity contribution in [2.75, 3.05) is 36.8 Å². The van der Waals surface area contributed by atoms with Crippen LogP contribution < -0.4 is 15.4 Å². The van der Waals surface area contributed by atoms with Crippen LogP contribution in [0.4, 0.5) is 29.1 Å². The Hall–Kier alpha value is -4.17. The third kappa shape index (κ3) is 4.48. The van der Waals surface area contributed by atoms with Gasteiger partial charge in [-0.05, 0) is 55.8 Å². The quantitative estimate of drug-likeness (QED) is 0.168. The van der Waals surface area contributed by atoms with Crippen LogP contribution in [0.5, 0.6) is 6.01 Å². The molecule has 2 aromatic carbocycles. The molecule has 7 nitrogen and oxygen atoms in total. The van der Waals surface area contributed by atoms with Gasteiger partial charge in [0.25, 0.3) is 0 Å². The summed E-state index contributed by atoms with van der Waals surface area (Å²) in [5.41, 5.74) is 4.81. The summed E-state index contributed by atoms with van der Waals surface area (Å²) in [7, 11) is 0. The fourth-order valence-electron chi connectivity index (χ4n) is 7.77. The van der Waals surface area contributed by atoms with E-state index < -0.39 is 48.1 Å². The number of rotatable bonds is 5. The number of hydrogen-bond acceptors (Lipinski definition) is 7. The second-order valence-electron chi connectivity index (χ2n) is 12.6. The fourth-order valence-corrected chi connectivity index (χ4v) is 7.77. The Labute approximate surface area is 260 Å². The van der Waals surface area contributed by atoms with E-state index in [4.69, 9.17) is 19.6 Å². The molecule has 232 valence electrons. The summed E-state index contributed by atoms with van der Waals surface area (Å²) in [4.78, 5) is 17.0. The molecule has 0 unspecified atom stereocenters. The van der Waals surface area contributed by atoms with Crippen LogP contribution >= 0.6 is 0 Å². The first-order valence-corrected chi connectivity index (χ1v) is 15.4. The number of ether oxygens (including phenoxy) is 1. The summed E-state index contributed by atoms with van der Waals surface area (Å²) in [6.45, 7) is -1.37. The maximum Gasteiger partial charge on any atom is 0.319 e. The molecule has 3 saturated heterocycles. The Morgan fingerprint density at radius 2 is 2.02 bits per heavy atom. The van der Waals surface area contributed by atoms with Gasteiger partial charge in [0.2, 0.25) is 0 Å². The number of aromatic nitrogens is 3. The summed E-state index contributed by atoms with van der Waals surface area (Å²) >= 11 is 0. The van der Waals surface area contributed by atoms with Gasteiger partial charge in [-0.15, -0.1) is 6.42 Å². The largest absolute Gasteiger partial charge is 0.461 e. The minimum Gasteiger partial charge on any atom is -0.461 e. The number of nitrogens with two attached hydrogens (primary N) is 1. The Morgan fingerprint density at radius 3 is 2.87 bits per heavy atom. The summed E-state index contributed by atoms with van der Waals surface area (Å²) in [5, 5.41) is 0.907. The zero-order chi connectivity index (χ0) is 32.8. The molecule has 1 aliphatic carbocycles. The van der Waals surface area contributed by atoms with Crippen LogP contribution in [-0.4, -0.2) is 70.0 Å². The smallest absolute Gasteiger partial charge is 0.319 e. The highest BCUT2D eigenvalue weighted by Gasteiger charge is 2.56. The molecule has 5 atom stereocenters. The lowest BCUT2D eigenvalue weighted by Gasteiger charge is -2.31. The van der Waals surface area contributed by atoms with Crippen LogP contribution in [0.1, 0.15) is 46.8 Å². The number of terminal acetylenes is 1. The lowest BCUT2D eigenvalue weighted by molar-refractivity contribution is 0.107. The Morgan fingerprint density at radius 1 is 1.16 bits per heavy atom. The van der Waals surface area contributed by atoms with Crippen LogP contribution in [0.15, 0.2) is 30.5 Å². The molecule has 0 radical (unpaired) electrons. The molecule has 5 heterocycles. The second-order valence-corrected chi connectivity index (χ2v) is 12.6. The molecule has 2 aromatic heterocycles. The number of fused-ring (bicyclic) bond motifs is 4. The number of nitrogens with zero attached hydrogens (tertiary/aromatic N) is 5. The average molecular weight is 619 g/mol. The summed E-state index contributed by atoms with van der Waals surface area (Å²) in [6, 6.07) is 4.83. The van der Waals surface area contributed by atoms with Crippen molar-refractivity contribution in [3.05, 3.63) is 47.7 Å². The molecule has 0 bridgehead atoms. The monoisotopic (exact) mass is 618 g/mol.